The quantitative estimate of drug-likeness (QED) is 0.516. The summed E-state index contributed by atoms with van der Waals surface area (Å²) in [5, 5.41) is 0. The zero-order valence-electron chi connectivity index (χ0n) is 11.5. The first kappa shape index (κ1) is 15.4. The van der Waals surface area contributed by atoms with E-state index < -0.39 is 0 Å². The van der Waals surface area contributed by atoms with E-state index in [1.807, 2.05) is 6.08 Å². The van der Waals surface area contributed by atoms with Crippen LogP contribution < -0.4 is 0 Å². The predicted molar refractivity (Wildman–Crippen MR) is 71.5 cm³/mol. The van der Waals surface area contributed by atoms with Crippen molar-refractivity contribution >= 4 is 5.78 Å². The fraction of sp³-hybridized carbons (Fsp3) is 0.800. The molecular formula is C15H28O. The Labute approximate surface area is 101 Å². The molecule has 0 heterocycles. The van der Waals surface area contributed by atoms with Gasteiger partial charge in [-0.05, 0) is 25.2 Å². The van der Waals surface area contributed by atoms with Gasteiger partial charge in [0.1, 0.15) is 5.78 Å². The van der Waals surface area contributed by atoms with Gasteiger partial charge >= 0.3 is 0 Å². The first-order valence-corrected chi connectivity index (χ1v) is 6.72. The number of hydrogen-bond donors (Lipinski definition) is 0. The molecule has 0 saturated heterocycles. The van der Waals surface area contributed by atoms with Gasteiger partial charge in [-0.3, -0.25) is 4.79 Å². The minimum atomic E-state index is -0.178. The van der Waals surface area contributed by atoms with E-state index in [2.05, 4.69) is 34.3 Å². The fourth-order valence-electron chi connectivity index (χ4n) is 2.57. The Morgan fingerprint density at radius 3 is 2.25 bits per heavy atom. The summed E-state index contributed by atoms with van der Waals surface area (Å²) < 4.78 is 0. The summed E-state index contributed by atoms with van der Waals surface area (Å²) in [5.41, 5.74) is -0.178. The van der Waals surface area contributed by atoms with Crippen LogP contribution in [0, 0.1) is 11.3 Å². The van der Waals surface area contributed by atoms with Crippen molar-refractivity contribution in [3.8, 4) is 0 Å². The van der Waals surface area contributed by atoms with Gasteiger partial charge in [-0.1, -0.05) is 46.6 Å². The molecule has 16 heavy (non-hydrogen) atoms. The molecule has 94 valence electrons. The Morgan fingerprint density at radius 2 is 1.88 bits per heavy atom. The van der Waals surface area contributed by atoms with E-state index in [-0.39, 0.29) is 5.41 Å². The summed E-state index contributed by atoms with van der Waals surface area (Å²) in [6.07, 6.45) is 7.92. The van der Waals surface area contributed by atoms with Gasteiger partial charge < -0.3 is 0 Å². The maximum Gasteiger partial charge on any atom is 0.139 e. The molecule has 0 unspecified atom stereocenters. The third-order valence-corrected chi connectivity index (χ3v) is 3.59. The molecule has 0 aromatic heterocycles. The Bertz CT molecular complexity index is 219. The molecule has 1 heteroatoms. The van der Waals surface area contributed by atoms with E-state index in [1.165, 1.54) is 0 Å². The second-order valence-corrected chi connectivity index (χ2v) is 4.97. The lowest BCUT2D eigenvalue weighted by atomic mass is 9.68. The summed E-state index contributed by atoms with van der Waals surface area (Å²) in [6, 6.07) is 0. The molecule has 0 spiro atoms. The number of allylic oxidation sites excluding steroid dienone is 1. The topological polar surface area (TPSA) is 17.1 Å². The van der Waals surface area contributed by atoms with Gasteiger partial charge in [0.15, 0.2) is 0 Å². The SMILES string of the molecule is C=C[C@H](CCC)[C@@](C)(CCC)C(=O)CCC. The lowest BCUT2D eigenvalue weighted by Crippen LogP contribution is -2.35. The van der Waals surface area contributed by atoms with Crippen LogP contribution in [0.5, 0.6) is 0 Å². The molecule has 0 N–H and O–H groups in total. The van der Waals surface area contributed by atoms with Crippen LogP contribution in [0.4, 0.5) is 0 Å². The average molecular weight is 224 g/mol. The maximum atomic E-state index is 12.3. The van der Waals surface area contributed by atoms with Crippen LogP contribution in [0.25, 0.3) is 0 Å². The first-order valence-electron chi connectivity index (χ1n) is 6.72. The summed E-state index contributed by atoms with van der Waals surface area (Å²) in [4.78, 5) is 12.3. The summed E-state index contributed by atoms with van der Waals surface area (Å²) in [7, 11) is 0. The predicted octanol–water partition coefficient (Wildman–Crippen LogP) is 4.76. The van der Waals surface area contributed by atoms with Crippen LogP contribution in [-0.2, 0) is 4.79 Å². The van der Waals surface area contributed by atoms with Crippen LogP contribution in [0.2, 0.25) is 0 Å². The second kappa shape index (κ2) is 7.65. The molecule has 0 aromatic rings. The van der Waals surface area contributed by atoms with Crippen LogP contribution in [0.1, 0.15) is 66.2 Å². The molecule has 0 amide bonds. The number of ketones is 1. The average Bonchev–Trinajstić information content (AvgIpc) is 2.26. The molecule has 0 bridgehead atoms. The van der Waals surface area contributed by atoms with E-state index in [1.54, 1.807) is 0 Å². The summed E-state index contributed by atoms with van der Waals surface area (Å²) >= 11 is 0. The van der Waals surface area contributed by atoms with Gasteiger partial charge in [0.25, 0.3) is 0 Å². The molecule has 0 saturated carbocycles. The fourth-order valence-corrected chi connectivity index (χ4v) is 2.57. The minimum absolute atomic E-state index is 0.178. The molecule has 0 aliphatic carbocycles. The van der Waals surface area contributed by atoms with Gasteiger partial charge in [0.2, 0.25) is 0 Å². The largest absolute Gasteiger partial charge is 0.299 e. The normalized spacial score (nSPS) is 16.5. The monoisotopic (exact) mass is 224 g/mol. The highest BCUT2D eigenvalue weighted by Gasteiger charge is 2.37. The van der Waals surface area contributed by atoms with Gasteiger partial charge in [0, 0.05) is 11.8 Å². The van der Waals surface area contributed by atoms with Crippen LogP contribution in [0.3, 0.4) is 0 Å². The highest BCUT2D eigenvalue weighted by molar-refractivity contribution is 5.85. The van der Waals surface area contributed by atoms with Gasteiger partial charge in [-0.25, -0.2) is 0 Å². The lowest BCUT2D eigenvalue weighted by molar-refractivity contribution is -0.130. The highest BCUT2D eigenvalue weighted by Crippen LogP contribution is 2.38. The van der Waals surface area contributed by atoms with Crippen molar-refractivity contribution in [1.29, 1.82) is 0 Å². The van der Waals surface area contributed by atoms with E-state index in [0.29, 0.717) is 18.1 Å². The van der Waals surface area contributed by atoms with E-state index in [9.17, 15) is 4.79 Å². The van der Waals surface area contributed by atoms with Crippen molar-refractivity contribution in [2.75, 3.05) is 0 Å². The van der Waals surface area contributed by atoms with E-state index in [0.717, 1.165) is 32.1 Å². The molecular weight excluding hydrogens is 196 g/mol. The van der Waals surface area contributed by atoms with Crippen molar-refractivity contribution in [2.45, 2.75) is 66.2 Å². The molecule has 0 aliphatic heterocycles. The van der Waals surface area contributed by atoms with Crippen LogP contribution in [0.15, 0.2) is 12.7 Å². The zero-order chi connectivity index (χ0) is 12.6. The van der Waals surface area contributed by atoms with Gasteiger partial charge in [-0.15, -0.1) is 6.58 Å². The third-order valence-electron chi connectivity index (χ3n) is 3.59. The standard InChI is InChI=1S/C15H28O/c1-6-10-13(9-4)15(5,12-8-3)14(16)11-7-2/h9,13H,4,6-8,10-12H2,1-3,5H3/t13-,15-/m1/s1. The van der Waals surface area contributed by atoms with Gasteiger partial charge in [0.05, 0.1) is 0 Å². The molecule has 0 radical (unpaired) electrons. The number of carbonyl (C=O) groups is 1. The first-order chi connectivity index (χ1) is 7.56. The summed E-state index contributed by atoms with van der Waals surface area (Å²) in [5.74, 6) is 0.770. The smallest absolute Gasteiger partial charge is 0.139 e. The Balaban J connectivity index is 4.88. The Morgan fingerprint density at radius 1 is 1.25 bits per heavy atom. The zero-order valence-corrected chi connectivity index (χ0v) is 11.5. The van der Waals surface area contributed by atoms with Crippen molar-refractivity contribution in [2.24, 2.45) is 11.3 Å². The van der Waals surface area contributed by atoms with E-state index in [4.69, 9.17) is 0 Å². The van der Waals surface area contributed by atoms with Crippen molar-refractivity contribution < 1.29 is 4.79 Å². The van der Waals surface area contributed by atoms with Crippen molar-refractivity contribution in [1.82, 2.24) is 0 Å². The van der Waals surface area contributed by atoms with Gasteiger partial charge in [-0.2, -0.15) is 0 Å². The number of hydrogen-bond acceptors (Lipinski definition) is 1. The Kier molecular flexibility index (Phi) is 7.36. The molecule has 1 nitrogen and oxygen atoms in total. The second-order valence-electron chi connectivity index (χ2n) is 4.97. The molecule has 0 aliphatic rings. The van der Waals surface area contributed by atoms with Crippen LogP contribution >= 0.6 is 0 Å². The summed E-state index contributed by atoms with van der Waals surface area (Å²) in [6.45, 7) is 12.5. The lowest BCUT2D eigenvalue weighted by Gasteiger charge is -2.34. The number of carbonyl (C=O) groups excluding carboxylic acids is 1. The maximum absolute atomic E-state index is 12.3. The Hall–Kier alpha value is -0.590. The molecule has 0 fully saturated rings. The van der Waals surface area contributed by atoms with Crippen molar-refractivity contribution in [3.63, 3.8) is 0 Å². The van der Waals surface area contributed by atoms with Crippen LogP contribution in [-0.4, -0.2) is 5.78 Å². The minimum Gasteiger partial charge on any atom is -0.299 e. The highest BCUT2D eigenvalue weighted by atomic mass is 16.1. The molecule has 0 rings (SSSR count). The molecule has 2 atom stereocenters. The van der Waals surface area contributed by atoms with Crippen molar-refractivity contribution in [3.05, 3.63) is 12.7 Å². The number of rotatable bonds is 9. The number of Topliss-reactive ketones (excluding diaryl/α,β-unsaturated/α-hetero) is 1. The molecule has 0 aromatic carbocycles. The van der Waals surface area contributed by atoms with E-state index >= 15 is 0 Å². The third kappa shape index (κ3) is 3.77.